The molecule has 132 valence electrons. The van der Waals surface area contributed by atoms with Gasteiger partial charge in [-0.3, -0.25) is 4.79 Å². The molecule has 6 heteroatoms. The van der Waals surface area contributed by atoms with Gasteiger partial charge in [0.25, 0.3) is 0 Å². The van der Waals surface area contributed by atoms with E-state index in [9.17, 15) is 9.59 Å². The van der Waals surface area contributed by atoms with E-state index < -0.39 is 17.2 Å². The van der Waals surface area contributed by atoms with E-state index in [2.05, 4.69) is 0 Å². The first kappa shape index (κ1) is 18.4. The SMILES string of the molecule is COCON(C(=O)OC(C)(C)C)[C@@]1(C(C)C)C(=O)c2ccccc21. The van der Waals surface area contributed by atoms with Gasteiger partial charge in [0.15, 0.2) is 18.1 Å². The van der Waals surface area contributed by atoms with Crippen molar-refractivity contribution in [1.29, 1.82) is 0 Å². The summed E-state index contributed by atoms with van der Waals surface area (Å²) >= 11 is 0. The first-order chi connectivity index (χ1) is 11.2. The van der Waals surface area contributed by atoms with Crippen LogP contribution in [0.3, 0.4) is 0 Å². The Bertz CT molecular complexity index is 635. The third-order valence-corrected chi connectivity index (χ3v) is 3.94. The molecule has 0 spiro atoms. The lowest BCUT2D eigenvalue weighted by atomic mass is 9.63. The van der Waals surface area contributed by atoms with Crippen LogP contribution in [0.1, 0.15) is 50.5 Å². The number of hydrogen-bond acceptors (Lipinski definition) is 5. The minimum Gasteiger partial charge on any atom is -0.442 e. The molecule has 0 heterocycles. The van der Waals surface area contributed by atoms with E-state index in [0.717, 1.165) is 10.6 Å². The minimum absolute atomic E-state index is 0.157. The molecule has 1 atom stereocenters. The van der Waals surface area contributed by atoms with Crippen LogP contribution in [-0.4, -0.2) is 36.4 Å². The fourth-order valence-corrected chi connectivity index (χ4v) is 3.00. The van der Waals surface area contributed by atoms with Gasteiger partial charge >= 0.3 is 6.09 Å². The zero-order valence-corrected chi connectivity index (χ0v) is 15.1. The number of fused-ring (bicyclic) bond motifs is 1. The monoisotopic (exact) mass is 335 g/mol. The van der Waals surface area contributed by atoms with Crippen LogP contribution >= 0.6 is 0 Å². The first-order valence-electron chi connectivity index (χ1n) is 7.95. The van der Waals surface area contributed by atoms with Crippen molar-refractivity contribution < 1.29 is 23.9 Å². The number of Topliss-reactive ketones (excluding diaryl/α,β-unsaturated/α-hetero) is 1. The van der Waals surface area contributed by atoms with Crippen molar-refractivity contribution in [3.8, 4) is 0 Å². The van der Waals surface area contributed by atoms with Crippen LogP contribution in [0, 0.1) is 5.92 Å². The first-order valence-corrected chi connectivity index (χ1v) is 7.95. The predicted octanol–water partition coefficient (Wildman–Crippen LogP) is 3.51. The lowest BCUT2D eigenvalue weighted by molar-refractivity contribution is -0.248. The van der Waals surface area contributed by atoms with Crippen molar-refractivity contribution >= 4 is 11.9 Å². The summed E-state index contributed by atoms with van der Waals surface area (Å²) in [6, 6.07) is 7.23. The van der Waals surface area contributed by atoms with E-state index in [4.69, 9.17) is 14.3 Å². The average molecular weight is 335 g/mol. The third kappa shape index (κ3) is 2.91. The summed E-state index contributed by atoms with van der Waals surface area (Å²) in [4.78, 5) is 31.2. The summed E-state index contributed by atoms with van der Waals surface area (Å²) in [5.41, 5.74) is -0.569. The van der Waals surface area contributed by atoms with Crippen LogP contribution in [0.4, 0.5) is 4.79 Å². The number of ketones is 1. The number of amides is 1. The van der Waals surface area contributed by atoms with Gasteiger partial charge in [-0.15, -0.1) is 0 Å². The Morgan fingerprint density at radius 1 is 1.25 bits per heavy atom. The van der Waals surface area contributed by atoms with E-state index in [1.807, 2.05) is 26.0 Å². The normalized spacial score (nSPS) is 19.7. The highest BCUT2D eigenvalue weighted by Gasteiger charge is 2.61. The molecule has 1 aliphatic carbocycles. The molecular formula is C18H25NO5. The van der Waals surface area contributed by atoms with Gasteiger partial charge in [0.05, 0.1) is 0 Å². The lowest BCUT2D eigenvalue weighted by Crippen LogP contribution is -2.64. The molecule has 0 bridgehead atoms. The molecule has 0 fully saturated rings. The fraction of sp³-hybridized carbons (Fsp3) is 0.556. The molecule has 0 saturated heterocycles. The van der Waals surface area contributed by atoms with Crippen LogP contribution in [0.25, 0.3) is 0 Å². The van der Waals surface area contributed by atoms with Gasteiger partial charge in [0.2, 0.25) is 0 Å². The number of benzene rings is 1. The molecule has 1 aliphatic rings. The van der Waals surface area contributed by atoms with Crippen molar-refractivity contribution in [3.63, 3.8) is 0 Å². The highest BCUT2D eigenvalue weighted by atomic mass is 16.8. The van der Waals surface area contributed by atoms with E-state index in [0.29, 0.717) is 5.56 Å². The Kier molecular flexibility index (Phi) is 5.01. The quantitative estimate of drug-likeness (QED) is 0.608. The van der Waals surface area contributed by atoms with Gasteiger partial charge in [-0.05, 0) is 32.3 Å². The molecule has 0 aliphatic heterocycles. The number of rotatable bonds is 5. The molecule has 1 amide bonds. The van der Waals surface area contributed by atoms with E-state index in [1.165, 1.54) is 7.11 Å². The van der Waals surface area contributed by atoms with Crippen molar-refractivity contribution in [3.05, 3.63) is 35.4 Å². The molecule has 0 aromatic heterocycles. The Morgan fingerprint density at radius 2 is 1.88 bits per heavy atom. The van der Waals surface area contributed by atoms with Gasteiger partial charge < -0.3 is 9.47 Å². The summed E-state index contributed by atoms with van der Waals surface area (Å²) in [7, 11) is 1.45. The number of ether oxygens (including phenoxy) is 2. The summed E-state index contributed by atoms with van der Waals surface area (Å²) < 4.78 is 10.4. The molecule has 1 aromatic rings. The summed E-state index contributed by atoms with van der Waals surface area (Å²) in [5.74, 6) is -0.362. The molecule has 0 saturated carbocycles. The molecule has 6 nitrogen and oxygen atoms in total. The summed E-state index contributed by atoms with van der Waals surface area (Å²) in [5, 5.41) is 1.04. The fourth-order valence-electron chi connectivity index (χ4n) is 3.00. The van der Waals surface area contributed by atoms with Gasteiger partial charge in [0.1, 0.15) is 5.60 Å². The Morgan fingerprint density at radius 3 is 2.42 bits per heavy atom. The maximum Gasteiger partial charge on any atom is 0.435 e. The van der Waals surface area contributed by atoms with E-state index in [-0.39, 0.29) is 18.5 Å². The number of hydrogen-bond donors (Lipinski definition) is 0. The number of hydroxylamine groups is 2. The topological polar surface area (TPSA) is 65.1 Å². The minimum atomic E-state index is -1.21. The maximum atomic E-state index is 12.9. The smallest absolute Gasteiger partial charge is 0.435 e. The van der Waals surface area contributed by atoms with Crippen LogP contribution in [0.2, 0.25) is 0 Å². The zero-order valence-electron chi connectivity index (χ0n) is 15.1. The van der Waals surface area contributed by atoms with Crippen molar-refractivity contribution in [2.24, 2.45) is 5.92 Å². The standard InChI is InChI=1S/C18H25NO5/c1-12(2)18(14-10-8-7-9-13(14)15(18)20)19(23-11-22-6)16(21)24-17(3,4)5/h7-10,12H,11H2,1-6H3/t18-/m1/s1. The number of methoxy groups -OCH3 is 1. The Balaban J connectivity index is 2.49. The molecule has 24 heavy (non-hydrogen) atoms. The van der Waals surface area contributed by atoms with Crippen LogP contribution in [0.15, 0.2) is 24.3 Å². The number of nitrogens with zero attached hydrogens (tertiary/aromatic N) is 1. The average Bonchev–Trinajstić information content (AvgIpc) is 2.48. The van der Waals surface area contributed by atoms with Crippen molar-refractivity contribution in [2.45, 2.75) is 45.8 Å². The van der Waals surface area contributed by atoms with Crippen LogP contribution in [0.5, 0.6) is 0 Å². The third-order valence-electron chi connectivity index (χ3n) is 3.94. The van der Waals surface area contributed by atoms with Gasteiger partial charge in [-0.25, -0.2) is 9.63 Å². The molecule has 0 N–H and O–H groups in total. The predicted molar refractivity (Wildman–Crippen MR) is 88.3 cm³/mol. The lowest BCUT2D eigenvalue weighted by Gasteiger charge is -2.50. The number of carbonyl (C=O) groups is 2. The highest BCUT2D eigenvalue weighted by molar-refractivity contribution is 6.14. The summed E-state index contributed by atoms with van der Waals surface area (Å²) in [6.45, 7) is 8.87. The van der Waals surface area contributed by atoms with Crippen molar-refractivity contribution in [1.82, 2.24) is 5.06 Å². The maximum absolute atomic E-state index is 12.9. The molecule has 1 aromatic carbocycles. The van der Waals surface area contributed by atoms with E-state index in [1.54, 1.807) is 32.9 Å². The Labute approximate surface area is 142 Å². The second kappa shape index (κ2) is 6.53. The van der Waals surface area contributed by atoms with Crippen molar-refractivity contribution in [2.75, 3.05) is 13.9 Å². The van der Waals surface area contributed by atoms with Crippen LogP contribution < -0.4 is 0 Å². The van der Waals surface area contributed by atoms with E-state index >= 15 is 0 Å². The molecule has 2 rings (SSSR count). The summed E-state index contributed by atoms with van der Waals surface area (Å²) in [6.07, 6.45) is -0.712. The molecule has 0 unspecified atom stereocenters. The number of carbonyl (C=O) groups excluding carboxylic acids is 2. The van der Waals surface area contributed by atoms with Crippen LogP contribution in [-0.2, 0) is 19.9 Å². The zero-order chi connectivity index (χ0) is 18.1. The van der Waals surface area contributed by atoms with Gasteiger partial charge in [-0.2, -0.15) is 5.06 Å². The second-order valence-electron chi connectivity index (χ2n) is 7.11. The van der Waals surface area contributed by atoms with Gasteiger partial charge in [0, 0.05) is 12.7 Å². The largest absolute Gasteiger partial charge is 0.442 e. The second-order valence-corrected chi connectivity index (χ2v) is 7.11. The molecule has 0 radical (unpaired) electrons. The Hall–Kier alpha value is -1.92. The molecular weight excluding hydrogens is 310 g/mol. The highest BCUT2D eigenvalue weighted by Crippen LogP contribution is 2.49. The van der Waals surface area contributed by atoms with Gasteiger partial charge in [-0.1, -0.05) is 38.1 Å².